The number of hydrogen-bond donors (Lipinski definition) is 0. The second-order valence-corrected chi connectivity index (χ2v) is 8.02. The Kier molecular flexibility index (Phi) is 5.19. The molecule has 5 rings (SSSR count). The van der Waals surface area contributed by atoms with Crippen LogP contribution in [0.1, 0.15) is 33.4 Å². The molecular weight excluding hydrogens is 380 g/mol. The molecule has 0 bridgehead atoms. The van der Waals surface area contributed by atoms with Gasteiger partial charge in [0.1, 0.15) is 0 Å². The minimum atomic E-state index is -0.433. The van der Waals surface area contributed by atoms with E-state index >= 15 is 0 Å². The van der Waals surface area contributed by atoms with Gasteiger partial charge in [0.05, 0.1) is 18.6 Å². The summed E-state index contributed by atoms with van der Waals surface area (Å²) in [5, 5.41) is 0. The van der Waals surface area contributed by atoms with Crippen molar-refractivity contribution in [3.05, 3.63) is 130 Å². The Hall–Kier alpha value is -3.20. The summed E-state index contributed by atoms with van der Waals surface area (Å²) >= 11 is 0. The molecule has 0 aliphatic heterocycles. The van der Waals surface area contributed by atoms with Gasteiger partial charge in [0.25, 0.3) is 0 Å². The molecule has 4 aromatic carbocycles. The van der Waals surface area contributed by atoms with Crippen molar-refractivity contribution in [2.75, 3.05) is 14.2 Å². The van der Waals surface area contributed by atoms with E-state index in [0.29, 0.717) is 13.2 Å². The van der Waals surface area contributed by atoms with Crippen molar-refractivity contribution in [2.45, 2.75) is 18.6 Å². The van der Waals surface area contributed by atoms with Crippen molar-refractivity contribution in [2.24, 2.45) is 0 Å². The maximum Gasteiger partial charge on any atom is 0.0720 e. The predicted molar refractivity (Wildman–Crippen MR) is 125 cm³/mol. The van der Waals surface area contributed by atoms with E-state index in [4.69, 9.17) is 9.47 Å². The van der Waals surface area contributed by atoms with Gasteiger partial charge in [-0.3, -0.25) is 0 Å². The van der Waals surface area contributed by atoms with E-state index in [0.717, 1.165) is 0 Å². The van der Waals surface area contributed by atoms with Gasteiger partial charge >= 0.3 is 0 Å². The van der Waals surface area contributed by atoms with Gasteiger partial charge < -0.3 is 9.47 Å². The van der Waals surface area contributed by atoms with Crippen LogP contribution >= 0.6 is 0 Å². The van der Waals surface area contributed by atoms with Crippen LogP contribution in [0.15, 0.2) is 97.1 Å². The Bertz CT molecular complexity index is 1130. The first-order valence-corrected chi connectivity index (χ1v) is 10.7. The van der Waals surface area contributed by atoms with Gasteiger partial charge in [-0.15, -0.1) is 0 Å². The van der Waals surface area contributed by atoms with Crippen molar-refractivity contribution >= 4 is 0 Å². The molecule has 154 valence electrons. The molecule has 0 N–H and O–H groups in total. The van der Waals surface area contributed by atoms with Crippen LogP contribution in [0.5, 0.6) is 0 Å². The highest BCUT2D eigenvalue weighted by atomic mass is 16.5. The van der Waals surface area contributed by atoms with E-state index in [1.165, 1.54) is 44.5 Å². The Morgan fingerprint density at radius 1 is 0.484 bits per heavy atom. The van der Waals surface area contributed by atoms with Crippen LogP contribution in [0.25, 0.3) is 11.1 Å². The Labute approximate surface area is 184 Å². The van der Waals surface area contributed by atoms with Crippen molar-refractivity contribution < 1.29 is 9.47 Å². The van der Waals surface area contributed by atoms with Gasteiger partial charge in [-0.25, -0.2) is 0 Å². The van der Waals surface area contributed by atoms with Crippen molar-refractivity contribution in [1.82, 2.24) is 0 Å². The summed E-state index contributed by atoms with van der Waals surface area (Å²) in [6.07, 6.45) is 0. The fourth-order valence-electron chi connectivity index (χ4n) is 5.30. The third-order valence-corrected chi connectivity index (χ3v) is 6.39. The van der Waals surface area contributed by atoms with Crippen molar-refractivity contribution in [1.29, 1.82) is 0 Å². The average Bonchev–Trinajstić information content (AvgIpc) is 3.12. The van der Waals surface area contributed by atoms with E-state index in [2.05, 4.69) is 97.1 Å². The van der Waals surface area contributed by atoms with Gasteiger partial charge in [-0.05, 0) is 44.5 Å². The molecule has 0 aromatic heterocycles. The molecule has 0 amide bonds. The molecule has 1 aliphatic carbocycles. The molecule has 0 unspecified atom stereocenters. The third-order valence-electron chi connectivity index (χ3n) is 6.39. The Morgan fingerprint density at radius 3 is 1.26 bits per heavy atom. The molecule has 0 fully saturated rings. The molecule has 1 aliphatic rings. The number of methoxy groups -OCH3 is 2. The van der Waals surface area contributed by atoms with E-state index in [9.17, 15) is 0 Å². The van der Waals surface area contributed by atoms with Gasteiger partial charge in [-0.2, -0.15) is 0 Å². The summed E-state index contributed by atoms with van der Waals surface area (Å²) in [6, 6.07) is 35.0. The smallest absolute Gasteiger partial charge is 0.0720 e. The lowest BCUT2D eigenvalue weighted by molar-refractivity contribution is 0.182. The predicted octanol–water partition coefficient (Wildman–Crippen LogP) is 6.34. The summed E-state index contributed by atoms with van der Waals surface area (Å²) in [5.74, 6) is 0. The summed E-state index contributed by atoms with van der Waals surface area (Å²) in [6.45, 7) is 1.13. The Morgan fingerprint density at radius 2 is 0.839 bits per heavy atom. The highest BCUT2D eigenvalue weighted by Crippen LogP contribution is 2.57. The molecule has 0 radical (unpaired) electrons. The van der Waals surface area contributed by atoms with Crippen LogP contribution in [-0.4, -0.2) is 14.2 Å². The summed E-state index contributed by atoms with van der Waals surface area (Å²) in [5.41, 5.74) is 9.68. The lowest BCUT2D eigenvalue weighted by atomic mass is 9.65. The van der Waals surface area contributed by atoms with Gasteiger partial charge in [-0.1, -0.05) is 97.1 Å². The second kappa shape index (κ2) is 8.14. The fraction of sp³-hybridized carbons (Fsp3) is 0.172. The number of hydrogen-bond acceptors (Lipinski definition) is 2. The molecule has 31 heavy (non-hydrogen) atoms. The van der Waals surface area contributed by atoms with Crippen LogP contribution in [-0.2, 0) is 28.1 Å². The Balaban J connectivity index is 1.97. The molecular formula is C29H26O2. The molecule has 0 heterocycles. The molecule has 2 heteroatoms. The van der Waals surface area contributed by atoms with E-state index in [1.54, 1.807) is 14.2 Å². The summed E-state index contributed by atoms with van der Waals surface area (Å²) in [7, 11) is 3.53. The van der Waals surface area contributed by atoms with E-state index in [-0.39, 0.29) is 0 Å². The maximum atomic E-state index is 5.64. The maximum absolute atomic E-state index is 5.64. The van der Waals surface area contributed by atoms with Gasteiger partial charge in [0.15, 0.2) is 0 Å². The fourth-order valence-corrected chi connectivity index (χ4v) is 5.30. The largest absolute Gasteiger partial charge is 0.380 e. The van der Waals surface area contributed by atoms with Crippen molar-refractivity contribution in [3.8, 4) is 11.1 Å². The lowest BCUT2D eigenvalue weighted by Crippen LogP contribution is -2.31. The number of fused-ring (bicyclic) bond motifs is 3. The quantitative estimate of drug-likeness (QED) is 0.327. The van der Waals surface area contributed by atoms with Crippen LogP contribution in [0, 0.1) is 0 Å². The minimum absolute atomic E-state index is 0.433. The molecule has 0 saturated carbocycles. The van der Waals surface area contributed by atoms with E-state index in [1.807, 2.05) is 0 Å². The summed E-state index contributed by atoms with van der Waals surface area (Å²) in [4.78, 5) is 0. The molecule has 0 spiro atoms. The number of ether oxygens (including phenoxy) is 2. The second-order valence-electron chi connectivity index (χ2n) is 8.02. The average molecular weight is 407 g/mol. The standard InChI is InChI=1S/C29H26O2/c1-30-19-21-11-3-7-15-25(21)29(26-16-8-4-12-22(26)20-31-2)27-17-9-5-13-23(27)24-14-6-10-18-28(24)29/h3-18H,19-20H2,1-2H3. The monoisotopic (exact) mass is 406 g/mol. The number of benzene rings is 4. The highest BCUT2D eigenvalue weighted by Gasteiger charge is 2.47. The molecule has 0 saturated heterocycles. The van der Waals surface area contributed by atoms with Gasteiger partial charge in [0, 0.05) is 14.2 Å². The first-order valence-electron chi connectivity index (χ1n) is 10.7. The van der Waals surface area contributed by atoms with Crippen LogP contribution in [0.4, 0.5) is 0 Å². The van der Waals surface area contributed by atoms with Crippen molar-refractivity contribution in [3.63, 3.8) is 0 Å². The zero-order valence-corrected chi connectivity index (χ0v) is 18.0. The summed E-state index contributed by atoms with van der Waals surface area (Å²) < 4.78 is 11.3. The molecule has 4 aromatic rings. The zero-order chi connectivity index (χ0) is 21.3. The SMILES string of the molecule is COCc1ccccc1C1(c2ccccc2COC)c2ccccc2-c2ccccc21. The van der Waals surface area contributed by atoms with Crippen LogP contribution < -0.4 is 0 Å². The van der Waals surface area contributed by atoms with E-state index < -0.39 is 5.41 Å². The first-order chi connectivity index (χ1) is 15.3. The lowest BCUT2D eigenvalue weighted by Gasteiger charge is -2.36. The third kappa shape index (κ3) is 2.95. The van der Waals surface area contributed by atoms with Crippen LogP contribution in [0.3, 0.4) is 0 Å². The highest BCUT2D eigenvalue weighted by molar-refractivity contribution is 5.86. The zero-order valence-electron chi connectivity index (χ0n) is 18.0. The first kappa shape index (κ1) is 19.7. The molecule has 0 atom stereocenters. The topological polar surface area (TPSA) is 18.5 Å². The number of rotatable bonds is 6. The molecule has 2 nitrogen and oxygen atoms in total. The normalized spacial score (nSPS) is 13.6. The van der Waals surface area contributed by atoms with Crippen LogP contribution in [0.2, 0.25) is 0 Å². The van der Waals surface area contributed by atoms with Gasteiger partial charge in [0.2, 0.25) is 0 Å². The minimum Gasteiger partial charge on any atom is -0.380 e.